The van der Waals surface area contributed by atoms with Gasteiger partial charge in [0.05, 0.1) is 0 Å². The van der Waals surface area contributed by atoms with Crippen molar-refractivity contribution in [1.82, 2.24) is 0 Å². The van der Waals surface area contributed by atoms with Crippen LogP contribution in [-0.2, 0) is 6.42 Å². The highest BCUT2D eigenvalue weighted by Crippen LogP contribution is 2.29. The smallest absolute Gasteiger partial charge is 0.228 e. The molecule has 0 radical (unpaired) electrons. The van der Waals surface area contributed by atoms with Gasteiger partial charge in [-0.15, -0.1) is 0 Å². The number of rotatable bonds is 8. The molecular weight excluding hydrogens is 342 g/mol. The van der Waals surface area contributed by atoms with Crippen molar-refractivity contribution >= 4 is 0 Å². The van der Waals surface area contributed by atoms with Gasteiger partial charge in [-0.3, -0.25) is 0 Å². The molecule has 0 amide bonds. The monoisotopic (exact) mass is 366 g/mol. The van der Waals surface area contributed by atoms with E-state index in [0.717, 1.165) is 23.1 Å². The van der Waals surface area contributed by atoms with Crippen LogP contribution < -0.4 is 4.74 Å². The molecule has 0 aliphatic rings. The highest BCUT2D eigenvalue weighted by atomic mass is 19.1. The molecule has 140 valence electrons. The van der Waals surface area contributed by atoms with Crippen LogP contribution in [0, 0.1) is 5.82 Å². The minimum Gasteiger partial charge on any atom is -0.463 e. The molecule has 3 rings (SSSR count). The number of unbranched alkanes of at least 4 members (excludes halogenated alkanes) is 2. The Morgan fingerprint density at radius 2 is 1.44 bits per heavy atom. The van der Waals surface area contributed by atoms with Crippen LogP contribution in [0.15, 0.2) is 66.7 Å². The first-order valence-electron chi connectivity index (χ1n) is 9.39. The molecule has 0 aromatic heterocycles. The molecule has 0 saturated heterocycles. The van der Waals surface area contributed by atoms with E-state index in [-0.39, 0.29) is 5.82 Å². The highest BCUT2D eigenvalue weighted by molar-refractivity contribution is 5.71. The van der Waals surface area contributed by atoms with Gasteiger partial charge in [-0.05, 0) is 53.3 Å². The van der Waals surface area contributed by atoms with Crippen LogP contribution in [0.5, 0.6) is 5.75 Å². The second-order valence-electron chi connectivity index (χ2n) is 6.63. The number of halogens is 2. The summed E-state index contributed by atoms with van der Waals surface area (Å²) in [6.07, 6.45) is 4.75. The van der Waals surface area contributed by atoms with Crippen LogP contribution in [0.2, 0.25) is 0 Å². The average Bonchev–Trinajstić information content (AvgIpc) is 2.70. The molecule has 1 nitrogen and oxygen atoms in total. The molecule has 0 spiro atoms. The maximum absolute atomic E-state index is 14.7. The fourth-order valence-corrected chi connectivity index (χ4v) is 3.17. The van der Waals surface area contributed by atoms with E-state index in [1.165, 1.54) is 24.8 Å². The zero-order valence-corrected chi connectivity index (χ0v) is 15.6. The summed E-state index contributed by atoms with van der Waals surface area (Å²) in [4.78, 5) is 0. The molecule has 3 aromatic rings. The molecule has 0 aliphatic heterocycles. The number of ether oxygens (including phenoxy) is 1. The maximum Gasteiger partial charge on any atom is 0.228 e. The van der Waals surface area contributed by atoms with Gasteiger partial charge >= 0.3 is 0 Å². The summed E-state index contributed by atoms with van der Waals surface area (Å²) in [5.41, 5.74) is 4.43. The van der Waals surface area contributed by atoms with E-state index < -0.39 is 6.86 Å². The summed E-state index contributed by atoms with van der Waals surface area (Å²) < 4.78 is 31.6. The Bertz CT molecular complexity index is 855. The Balaban J connectivity index is 1.76. The van der Waals surface area contributed by atoms with Crippen molar-refractivity contribution < 1.29 is 13.5 Å². The molecule has 27 heavy (non-hydrogen) atoms. The first kappa shape index (κ1) is 19.1. The zero-order valence-electron chi connectivity index (χ0n) is 15.6. The second kappa shape index (κ2) is 9.31. The molecular formula is C24H24F2O. The van der Waals surface area contributed by atoms with Gasteiger partial charge in [0.15, 0.2) is 0 Å². The summed E-state index contributed by atoms with van der Waals surface area (Å²) in [7, 11) is 0. The number of aryl methyl sites for hydroxylation is 1. The Hall–Kier alpha value is -2.68. The predicted octanol–water partition coefficient (Wildman–Crippen LogP) is 7.20. The summed E-state index contributed by atoms with van der Waals surface area (Å²) >= 11 is 0. The third-order valence-corrected chi connectivity index (χ3v) is 4.71. The minimum absolute atomic E-state index is 0.279. The van der Waals surface area contributed by atoms with Crippen molar-refractivity contribution in [3.63, 3.8) is 0 Å². The van der Waals surface area contributed by atoms with Crippen molar-refractivity contribution in [3.05, 3.63) is 78.1 Å². The average molecular weight is 366 g/mol. The fraction of sp³-hybridized carbons (Fsp3) is 0.250. The lowest BCUT2D eigenvalue weighted by atomic mass is 9.98. The molecule has 0 saturated carbocycles. The van der Waals surface area contributed by atoms with Crippen molar-refractivity contribution in [2.24, 2.45) is 0 Å². The summed E-state index contributed by atoms with van der Waals surface area (Å²) in [6, 6.07) is 20.4. The van der Waals surface area contributed by atoms with Gasteiger partial charge in [0.1, 0.15) is 11.6 Å². The molecule has 0 unspecified atom stereocenters. The van der Waals surface area contributed by atoms with Crippen LogP contribution >= 0.6 is 0 Å². The van der Waals surface area contributed by atoms with E-state index in [1.54, 1.807) is 36.4 Å². The lowest BCUT2D eigenvalue weighted by Gasteiger charge is -2.09. The van der Waals surface area contributed by atoms with E-state index in [9.17, 15) is 8.78 Å². The van der Waals surface area contributed by atoms with Gasteiger partial charge < -0.3 is 4.74 Å². The van der Waals surface area contributed by atoms with E-state index >= 15 is 0 Å². The standard InChI is InChI=1S/C24H24F2O/c1-2-3-4-5-18-6-8-19(9-7-18)21-12-15-23(24(26)16-21)20-10-13-22(14-11-20)27-17-25/h6-16H,2-5,17H2,1H3. The zero-order chi connectivity index (χ0) is 19.1. The molecule has 0 fully saturated rings. The molecule has 0 heterocycles. The molecule has 0 atom stereocenters. The highest BCUT2D eigenvalue weighted by Gasteiger charge is 2.08. The van der Waals surface area contributed by atoms with E-state index in [2.05, 4.69) is 31.2 Å². The summed E-state index contributed by atoms with van der Waals surface area (Å²) in [5, 5.41) is 0. The van der Waals surface area contributed by atoms with Crippen molar-refractivity contribution in [1.29, 1.82) is 0 Å². The lowest BCUT2D eigenvalue weighted by Crippen LogP contribution is -1.91. The molecule has 0 bridgehead atoms. The van der Waals surface area contributed by atoms with Gasteiger partial charge in [-0.2, -0.15) is 0 Å². The van der Waals surface area contributed by atoms with Crippen LogP contribution in [0.25, 0.3) is 22.3 Å². The van der Waals surface area contributed by atoms with Crippen molar-refractivity contribution in [2.75, 3.05) is 6.86 Å². The Morgan fingerprint density at radius 1 is 0.778 bits per heavy atom. The Morgan fingerprint density at radius 3 is 2.07 bits per heavy atom. The number of alkyl halides is 1. The van der Waals surface area contributed by atoms with Crippen molar-refractivity contribution in [3.8, 4) is 28.0 Å². The van der Waals surface area contributed by atoms with Gasteiger partial charge in [-0.1, -0.05) is 68.3 Å². The van der Waals surface area contributed by atoms with Gasteiger partial charge in [0.2, 0.25) is 6.86 Å². The largest absolute Gasteiger partial charge is 0.463 e. The topological polar surface area (TPSA) is 9.23 Å². The van der Waals surface area contributed by atoms with E-state index in [4.69, 9.17) is 4.74 Å². The molecule has 3 heteroatoms. The number of hydrogen-bond acceptors (Lipinski definition) is 1. The first-order valence-corrected chi connectivity index (χ1v) is 9.39. The Kier molecular flexibility index (Phi) is 6.59. The van der Waals surface area contributed by atoms with E-state index in [0.29, 0.717) is 11.3 Å². The van der Waals surface area contributed by atoms with Crippen molar-refractivity contribution in [2.45, 2.75) is 32.6 Å². The predicted molar refractivity (Wildman–Crippen MR) is 107 cm³/mol. The minimum atomic E-state index is -0.875. The lowest BCUT2D eigenvalue weighted by molar-refractivity contribution is 0.192. The maximum atomic E-state index is 14.7. The third kappa shape index (κ3) is 4.94. The SMILES string of the molecule is CCCCCc1ccc(-c2ccc(-c3ccc(OCF)cc3)c(F)c2)cc1. The normalized spacial score (nSPS) is 10.8. The van der Waals surface area contributed by atoms with Crippen LogP contribution in [-0.4, -0.2) is 6.86 Å². The molecule has 0 aliphatic carbocycles. The first-order chi connectivity index (χ1) is 13.2. The quantitative estimate of drug-likeness (QED) is 0.383. The number of benzene rings is 3. The Labute approximate surface area is 159 Å². The van der Waals surface area contributed by atoms with Gasteiger partial charge in [-0.25, -0.2) is 8.78 Å². The summed E-state index contributed by atoms with van der Waals surface area (Å²) in [6.45, 7) is 1.33. The van der Waals surface area contributed by atoms with E-state index in [1.807, 2.05) is 6.07 Å². The fourth-order valence-electron chi connectivity index (χ4n) is 3.17. The molecule has 3 aromatic carbocycles. The molecule has 0 N–H and O–H groups in total. The van der Waals surface area contributed by atoms with Crippen LogP contribution in [0.3, 0.4) is 0 Å². The second-order valence-corrected chi connectivity index (χ2v) is 6.63. The third-order valence-electron chi connectivity index (χ3n) is 4.71. The number of hydrogen-bond donors (Lipinski definition) is 0. The van der Waals surface area contributed by atoms with Gasteiger partial charge in [0.25, 0.3) is 0 Å². The van der Waals surface area contributed by atoms with Crippen LogP contribution in [0.1, 0.15) is 31.7 Å². The van der Waals surface area contributed by atoms with Gasteiger partial charge in [0, 0.05) is 5.56 Å². The van der Waals surface area contributed by atoms with Crippen LogP contribution in [0.4, 0.5) is 8.78 Å². The summed E-state index contributed by atoms with van der Waals surface area (Å²) in [5.74, 6) is 0.149.